The molecule has 4 rings (SSSR count). The number of hydrogen-bond donors (Lipinski definition) is 1. The molecule has 8 heteroatoms. The Hall–Kier alpha value is -3.10. The van der Waals surface area contributed by atoms with Gasteiger partial charge in [-0.3, -0.25) is 4.79 Å². The fourth-order valence-electron chi connectivity index (χ4n) is 3.19. The minimum Gasteiger partial charge on any atom is -0.351 e. The minimum absolute atomic E-state index is 0.0586. The summed E-state index contributed by atoms with van der Waals surface area (Å²) in [4.78, 5) is 13.7. The lowest BCUT2D eigenvalue weighted by molar-refractivity contribution is 0.0953. The molecule has 4 aromatic rings. The second kappa shape index (κ2) is 11.7. The van der Waals surface area contributed by atoms with Crippen LogP contribution in [-0.4, -0.2) is 38.4 Å². The fraction of sp³-hybridized carbons (Fsp3) is 0.200. The number of amides is 1. The summed E-state index contributed by atoms with van der Waals surface area (Å²) in [5.41, 5.74) is 4.15. The molecule has 0 aliphatic rings. The average Bonchev–Trinajstić information content (AvgIpc) is 3.33. The van der Waals surface area contributed by atoms with Crippen molar-refractivity contribution >= 4 is 29.4 Å². The zero-order valence-corrected chi connectivity index (χ0v) is 20.0. The molecule has 0 fully saturated rings. The van der Waals surface area contributed by atoms with Gasteiger partial charge in [0.1, 0.15) is 0 Å². The normalized spacial score (nSPS) is 10.8. The zero-order valence-electron chi connectivity index (χ0n) is 18.3. The van der Waals surface area contributed by atoms with Crippen molar-refractivity contribution in [2.24, 2.45) is 0 Å². The van der Waals surface area contributed by atoms with E-state index < -0.39 is 0 Å². The fourth-order valence-corrected chi connectivity index (χ4v) is 4.97. The predicted octanol–water partition coefficient (Wildman–Crippen LogP) is 4.93. The van der Waals surface area contributed by atoms with E-state index >= 15 is 0 Å². The molecule has 0 aliphatic heterocycles. The van der Waals surface area contributed by atoms with E-state index in [4.69, 9.17) is 0 Å². The van der Waals surface area contributed by atoms with Gasteiger partial charge < -0.3 is 5.32 Å². The minimum atomic E-state index is -0.0586. The summed E-state index contributed by atoms with van der Waals surface area (Å²) in [6, 6.07) is 26.0. The quantitative estimate of drug-likeness (QED) is 0.259. The highest BCUT2D eigenvalue weighted by molar-refractivity contribution is 7.98. The van der Waals surface area contributed by atoms with Gasteiger partial charge in [-0.1, -0.05) is 60.2 Å². The van der Waals surface area contributed by atoms with E-state index in [1.54, 1.807) is 16.4 Å². The van der Waals surface area contributed by atoms with Crippen molar-refractivity contribution in [3.63, 3.8) is 0 Å². The largest absolute Gasteiger partial charge is 0.351 e. The number of rotatable bonds is 10. The molecule has 3 aromatic carbocycles. The van der Waals surface area contributed by atoms with Crippen LogP contribution in [0.2, 0.25) is 0 Å². The van der Waals surface area contributed by atoms with Crippen molar-refractivity contribution in [2.45, 2.75) is 23.3 Å². The summed E-state index contributed by atoms with van der Waals surface area (Å²) in [5, 5.41) is 15.1. The van der Waals surface area contributed by atoms with E-state index in [0.717, 1.165) is 27.9 Å². The molecule has 0 saturated carbocycles. The van der Waals surface area contributed by atoms with Crippen LogP contribution < -0.4 is 5.32 Å². The first-order chi connectivity index (χ1) is 16.2. The maximum atomic E-state index is 12.8. The van der Waals surface area contributed by atoms with Crippen LogP contribution in [0.5, 0.6) is 0 Å². The van der Waals surface area contributed by atoms with Crippen LogP contribution in [0.4, 0.5) is 0 Å². The van der Waals surface area contributed by atoms with Gasteiger partial charge >= 0.3 is 0 Å². The summed E-state index contributed by atoms with van der Waals surface area (Å²) in [5.74, 6) is 3.03. The van der Waals surface area contributed by atoms with Crippen LogP contribution in [0.3, 0.4) is 0 Å². The van der Waals surface area contributed by atoms with Gasteiger partial charge in [0.2, 0.25) is 0 Å². The van der Waals surface area contributed by atoms with Gasteiger partial charge in [0.25, 0.3) is 5.91 Å². The van der Waals surface area contributed by atoms with E-state index in [2.05, 4.69) is 52.0 Å². The van der Waals surface area contributed by atoms with Crippen LogP contribution in [0.1, 0.15) is 27.3 Å². The molecule has 0 saturated heterocycles. The first-order valence-electron chi connectivity index (χ1n) is 10.7. The molecule has 6 nitrogen and oxygen atoms in total. The first kappa shape index (κ1) is 23.1. The topological polar surface area (TPSA) is 72.7 Å². The number of nitrogens with one attached hydrogen (secondary N) is 1. The van der Waals surface area contributed by atoms with Crippen LogP contribution in [0.25, 0.3) is 5.69 Å². The molecule has 33 heavy (non-hydrogen) atoms. The Kier molecular flexibility index (Phi) is 8.16. The molecule has 1 heterocycles. The molecule has 1 amide bonds. The van der Waals surface area contributed by atoms with Gasteiger partial charge in [0.05, 0.1) is 17.0 Å². The first-order valence-corrected chi connectivity index (χ1v) is 12.8. The van der Waals surface area contributed by atoms with E-state index in [1.807, 2.05) is 66.4 Å². The number of para-hydroxylation sites is 1. The maximum absolute atomic E-state index is 12.8. The second-order valence-corrected chi connectivity index (χ2v) is 9.54. The number of hydrogen-bond acceptors (Lipinski definition) is 6. The highest BCUT2D eigenvalue weighted by atomic mass is 32.2. The van der Waals surface area contributed by atoms with Crippen molar-refractivity contribution in [1.29, 1.82) is 0 Å². The Morgan fingerprint density at radius 3 is 2.52 bits per heavy atom. The third-order valence-electron chi connectivity index (χ3n) is 4.94. The summed E-state index contributed by atoms with van der Waals surface area (Å²) >= 11 is 3.37. The SMILES string of the molecule is Cc1ccc(CSCCNC(=O)c2ccccc2SCc2nnnn2-c2ccccc2)cc1. The van der Waals surface area contributed by atoms with Crippen LogP contribution in [-0.2, 0) is 11.5 Å². The van der Waals surface area contributed by atoms with Crippen molar-refractivity contribution in [2.75, 3.05) is 12.3 Å². The van der Waals surface area contributed by atoms with Crippen molar-refractivity contribution in [1.82, 2.24) is 25.5 Å². The Morgan fingerprint density at radius 2 is 1.70 bits per heavy atom. The van der Waals surface area contributed by atoms with Crippen molar-refractivity contribution < 1.29 is 4.79 Å². The van der Waals surface area contributed by atoms with Crippen LogP contribution in [0, 0.1) is 6.92 Å². The standard InChI is InChI=1S/C25H25N5OS2/c1-19-11-13-20(14-12-19)17-32-16-15-26-25(31)22-9-5-6-10-23(22)33-18-24-27-28-29-30(24)21-7-3-2-4-8-21/h2-14H,15-18H2,1H3,(H,26,31). The molecular weight excluding hydrogens is 450 g/mol. The molecule has 0 bridgehead atoms. The highest BCUT2D eigenvalue weighted by Gasteiger charge is 2.14. The monoisotopic (exact) mass is 475 g/mol. The number of carbonyl (C=O) groups is 1. The third-order valence-corrected chi connectivity index (χ3v) is 7.04. The van der Waals surface area contributed by atoms with Crippen LogP contribution in [0.15, 0.2) is 83.8 Å². The Labute approximate surface area is 202 Å². The van der Waals surface area contributed by atoms with E-state index in [0.29, 0.717) is 17.9 Å². The molecule has 168 valence electrons. The molecule has 0 atom stereocenters. The van der Waals surface area contributed by atoms with E-state index in [1.165, 1.54) is 11.1 Å². The lowest BCUT2D eigenvalue weighted by Gasteiger charge is -2.10. The van der Waals surface area contributed by atoms with Gasteiger partial charge in [-0.25, -0.2) is 0 Å². The third kappa shape index (κ3) is 6.46. The molecule has 1 N–H and O–H groups in total. The van der Waals surface area contributed by atoms with Gasteiger partial charge in [0, 0.05) is 22.9 Å². The Bertz CT molecular complexity index is 1180. The molecular formula is C25H25N5OS2. The molecule has 0 spiro atoms. The van der Waals surface area contributed by atoms with Crippen LogP contribution >= 0.6 is 23.5 Å². The van der Waals surface area contributed by atoms with Gasteiger partial charge in [-0.05, 0) is 47.2 Å². The summed E-state index contributed by atoms with van der Waals surface area (Å²) in [6.45, 7) is 2.72. The Morgan fingerprint density at radius 1 is 0.939 bits per heavy atom. The number of benzene rings is 3. The van der Waals surface area contributed by atoms with Gasteiger partial charge in [-0.15, -0.1) is 16.9 Å². The Balaban J connectivity index is 1.30. The number of tetrazole rings is 1. The number of carbonyl (C=O) groups excluding carboxylic acids is 1. The van der Waals surface area contributed by atoms with Gasteiger partial charge in [-0.2, -0.15) is 16.4 Å². The highest BCUT2D eigenvalue weighted by Crippen LogP contribution is 2.26. The summed E-state index contributed by atoms with van der Waals surface area (Å²) in [6.07, 6.45) is 0. The number of aromatic nitrogens is 4. The molecule has 0 unspecified atom stereocenters. The number of nitrogens with zero attached hydrogens (tertiary/aromatic N) is 4. The number of aryl methyl sites for hydroxylation is 1. The van der Waals surface area contributed by atoms with Gasteiger partial charge in [0.15, 0.2) is 5.82 Å². The van der Waals surface area contributed by atoms with Crippen molar-refractivity contribution in [3.05, 3.63) is 101 Å². The lowest BCUT2D eigenvalue weighted by atomic mass is 10.2. The van der Waals surface area contributed by atoms with E-state index in [9.17, 15) is 4.79 Å². The molecule has 0 radical (unpaired) electrons. The summed E-state index contributed by atoms with van der Waals surface area (Å²) in [7, 11) is 0. The average molecular weight is 476 g/mol. The smallest absolute Gasteiger partial charge is 0.252 e. The van der Waals surface area contributed by atoms with Crippen molar-refractivity contribution in [3.8, 4) is 5.69 Å². The summed E-state index contributed by atoms with van der Waals surface area (Å²) < 4.78 is 1.72. The lowest BCUT2D eigenvalue weighted by Crippen LogP contribution is -2.26. The zero-order chi connectivity index (χ0) is 22.9. The van der Waals surface area contributed by atoms with E-state index in [-0.39, 0.29) is 5.91 Å². The second-order valence-electron chi connectivity index (χ2n) is 7.42. The predicted molar refractivity (Wildman–Crippen MR) is 135 cm³/mol. The number of thioether (sulfide) groups is 2. The molecule has 1 aromatic heterocycles. The maximum Gasteiger partial charge on any atom is 0.252 e. The molecule has 0 aliphatic carbocycles.